The van der Waals surface area contributed by atoms with Crippen molar-refractivity contribution in [1.82, 2.24) is 0 Å². The van der Waals surface area contributed by atoms with Crippen molar-refractivity contribution >= 4 is 17.9 Å². The van der Waals surface area contributed by atoms with Crippen LogP contribution in [0.3, 0.4) is 0 Å². The van der Waals surface area contributed by atoms with E-state index in [1.54, 1.807) is 6.07 Å². The predicted molar refractivity (Wildman–Crippen MR) is 99.0 cm³/mol. The Balaban J connectivity index is -0.000000228. The maximum absolute atomic E-state index is 10.1. The van der Waals surface area contributed by atoms with Gasteiger partial charge in [-0.15, -0.1) is 0 Å². The van der Waals surface area contributed by atoms with Gasteiger partial charge in [0.1, 0.15) is 11.4 Å². The third kappa shape index (κ3) is 19.8. The molecule has 1 aromatic carbocycles. The summed E-state index contributed by atoms with van der Waals surface area (Å²) in [5, 5.41) is 48.5. The van der Waals surface area contributed by atoms with E-state index in [0.29, 0.717) is 5.75 Å². The molecule has 0 amide bonds. The van der Waals surface area contributed by atoms with E-state index >= 15 is 0 Å². The van der Waals surface area contributed by atoms with Crippen molar-refractivity contribution < 1.29 is 129 Å². The average Bonchev–Trinajstić information content (AvgIpc) is 2.61. The number of para-hydroxylation sites is 1. The van der Waals surface area contributed by atoms with E-state index in [-0.39, 0.29) is 88.7 Å². The summed E-state index contributed by atoms with van der Waals surface area (Å²) in [5.74, 6) is -5.53. The molecule has 0 heterocycles. The van der Waals surface area contributed by atoms with Gasteiger partial charge in [-0.25, -0.2) is 0 Å². The first-order valence-corrected chi connectivity index (χ1v) is 9.72. The van der Waals surface area contributed by atoms with Gasteiger partial charge >= 0.3 is 88.7 Å². The SMILES string of the molecule is CCCCCCCCCc1ccccc1O.O=C([O-])CC(O)(CC(=O)[O-])C(=O)[O-].[Na+].[Na+].[Na+]. The van der Waals surface area contributed by atoms with Gasteiger partial charge < -0.3 is 39.9 Å². The van der Waals surface area contributed by atoms with Crippen molar-refractivity contribution in [2.24, 2.45) is 0 Å². The fraction of sp³-hybridized carbons (Fsp3) is 0.571. The number of carbonyl (C=O) groups excluding carboxylic acids is 3. The number of carboxylic acids is 3. The number of phenols is 1. The molecule has 0 radical (unpaired) electrons. The Hall–Kier alpha value is 0.390. The van der Waals surface area contributed by atoms with Crippen LogP contribution in [0.1, 0.15) is 70.3 Å². The zero-order chi connectivity index (χ0) is 22.3. The molecule has 0 saturated carbocycles. The van der Waals surface area contributed by atoms with Crippen molar-refractivity contribution in [1.29, 1.82) is 0 Å². The summed E-state index contributed by atoms with van der Waals surface area (Å²) in [5.41, 5.74) is -1.88. The number of aryl methyl sites for hydroxylation is 1. The molecule has 0 unspecified atom stereocenters. The van der Waals surface area contributed by atoms with Gasteiger partial charge in [0.25, 0.3) is 0 Å². The average molecular weight is 478 g/mol. The summed E-state index contributed by atoms with van der Waals surface area (Å²) in [7, 11) is 0. The fourth-order valence-electron chi connectivity index (χ4n) is 2.68. The third-order valence-electron chi connectivity index (χ3n) is 4.29. The summed E-state index contributed by atoms with van der Waals surface area (Å²) in [6.07, 6.45) is 7.57. The Labute approximate surface area is 256 Å². The van der Waals surface area contributed by atoms with Crippen LogP contribution in [-0.4, -0.2) is 33.7 Å². The molecule has 0 aromatic heterocycles. The van der Waals surface area contributed by atoms with E-state index in [1.807, 2.05) is 18.2 Å². The zero-order valence-corrected chi connectivity index (χ0v) is 25.7. The fourth-order valence-corrected chi connectivity index (χ4v) is 2.68. The molecule has 1 aromatic rings. The van der Waals surface area contributed by atoms with Crippen molar-refractivity contribution in [2.75, 3.05) is 0 Å². The molecular formula is C21H29Na3O8. The number of unbranched alkanes of at least 4 members (excludes halogenated alkanes) is 6. The second-order valence-electron chi connectivity index (χ2n) is 6.92. The van der Waals surface area contributed by atoms with E-state index in [9.17, 15) is 34.8 Å². The Kier molecular flexibility index (Phi) is 28.6. The van der Waals surface area contributed by atoms with Crippen LogP contribution >= 0.6 is 0 Å². The number of carboxylic acid groups (broad SMARTS) is 3. The maximum Gasteiger partial charge on any atom is 1.00 e. The molecule has 0 fully saturated rings. The van der Waals surface area contributed by atoms with Crippen LogP contribution in [0.15, 0.2) is 24.3 Å². The van der Waals surface area contributed by atoms with Gasteiger partial charge in [-0.3, -0.25) is 0 Å². The normalized spacial score (nSPS) is 9.69. The molecule has 8 nitrogen and oxygen atoms in total. The molecule has 0 atom stereocenters. The van der Waals surface area contributed by atoms with Crippen LogP contribution in [0.4, 0.5) is 0 Å². The van der Waals surface area contributed by atoms with Crippen LogP contribution in [0.5, 0.6) is 5.75 Å². The number of hydrogen-bond acceptors (Lipinski definition) is 8. The van der Waals surface area contributed by atoms with E-state index in [1.165, 1.54) is 44.9 Å². The second-order valence-corrected chi connectivity index (χ2v) is 6.92. The van der Waals surface area contributed by atoms with E-state index < -0.39 is 36.4 Å². The van der Waals surface area contributed by atoms with Crippen LogP contribution in [-0.2, 0) is 20.8 Å². The van der Waals surface area contributed by atoms with Crippen LogP contribution < -0.4 is 104 Å². The van der Waals surface area contributed by atoms with Crippen molar-refractivity contribution in [3.8, 4) is 5.75 Å². The number of hydrogen-bond donors (Lipinski definition) is 2. The van der Waals surface area contributed by atoms with Crippen molar-refractivity contribution in [3.05, 3.63) is 29.8 Å². The first kappa shape index (κ1) is 39.6. The van der Waals surface area contributed by atoms with E-state index in [2.05, 4.69) is 6.92 Å². The molecule has 0 aliphatic rings. The molecule has 0 aliphatic heterocycles. The topological polar surface area (TPSA) is 161 Å². The standard InChI is InChI=1S/C15H24O.C6H8O7.3Na/c1-2-3-4-5-6-7-8-11-14-12-9-10-13-15(14)16;7-3(8)1-6(13,5(11)12)2-4(9)10;;;/h9-10,12-13,16H,2-8,11H2,1H3;13H,1-2H2,(H,7,8)(H,9,10)(H,11,12);;;/q;;3*+1/p-3. The van der Waals surface area contributed by atoms with Gasteiger partial charge in [-0.1, -0.05) is 63.6 Å². The van der Waals surface area contributed by atoms with Crippen LogP contribution in [0.2, 0.25) is 0 Å². The smallest absolute Gasteiger partial charge is 0.550 e. The molecule has 11 heteroatoms. The molecule has 0 aliphatic carbocycles. The van der Waals surface area contributed by atoms with Gasteiger partial charge in [0.15, 0.2) is 0 Å². The molecule has 0 bridgehead atoms. The minimum Gasteiger partial charge on any atom is -0.550 e. The summed E-state index contributed by atoms with van der Waals surface area (Å²) in [6, 6.07) is 7.67. The first-order chi connectivity index (χ1) is 13.6. The van der Waals surface area contributed by atoms with Crippen molar-refractivity contribution in [3.63, 3.8) is 0 Å². The minimum atomic E-state index is -2.97. The Morgan fingerprint density at radius 2 is 1.25 bits per heavy atom. The Morgan fingerprint density at radius 3 is 1.66 bits per heavy atom. The number of benzene rings is 1. The number of aromatic hydroxyl groups is 1. The van der Waals surface area contributed by atoms with Gasteiger partial charge in [-0.2, -0.15) is 0 Å². The quantitative estimate of drug-likeness (QED) is 0.209. The molecule has 164 valence electrons. The molecular weight excluding hydrogens is 449 g/mol. The zero-order valence-electron chi connectivity index (χ0n) is 19.7. The molecule has 32 heavy (non-hydrogen) atoms. The third-order valence-corrected chi connectivity index (χ3v) is 4.29. The maximum atomic E-state index is 10.1. The second kappa shape index (κ2) is 23.1. The molecule has 0 spiro atoms. The van der Waals surface area contributed by atoms with Crippen LogP contribution in [0, 0.1) is 0 Å². The molecule has 1 rings (SSSR count). The summed E-state index contributed by atoms with van der Waals surface area (Å²) >= 11 is 0. The van der Waals surface area contributed by atoms with E-state index in [4.69, 9.17) is 5.11 Å². The Morgan fingerprint density at radius 1 is 0.812 bits per heavy atom. The van der Waals surface area contributed by atoms with Crippen molar-refractivity contribution in [2.45, 2.75) is 76.7 Å². The summed E-state index contributed by atoms with van der Waals surface area (Å²) in [6.45, 7) is 2.25. The van der Waals surface area contributed by atoms with Gasteiger partial charge in [0.2, 0.25) is 0 Å². The van der Waals surface area contributed by atoms with Gasteiger partial charge in [-0.05, 0) is 24.5 Å². The van der Waals surface area contributed by atoms with Gasteiger partial charge in [0.05, 0.1) is 5.97 Å². The number of carbonyl (C=O) groups is 3. The predicted octanol–water partition coefficient (Wildman–Crippen LogP) is -9.56. The van der Waals surface area contributed by atoms with E-state index in [0.717, 1.165) is 12.0 Å². The summed E-state index contributed by atoms with van der Waals surface area (Å²) in [4.78, 5) is 30.0. The molecule has 0 saturated heterocycles. The van der Waals surface area contributed by atoms with Crippen LogP contribution in [0.25, 0.3) is 0 Å². The van der Waals surface area contributed by atoms with Gasteiger partial charge in [0, 0.05) is 24.8 Å². The first-order valence-electron chi connectivity index (χ1n) is 9.72. The number of phenolic OH excluding ortho intramolecular Hbond substituents is 1. The summed E-state index contributed by atoms with van der Waals surface area (Å²) < 4.78 is 0. The number of rotatable bonds is 13. The number of aliphatic carboxylic acids is 3. The largest absolute Gasteiger partial charge is 1.00 e. The Bertz CT molecular complexity index is 640. The minimum absolute atomic E-state index is 0. The monoisotopic (exact) mass is 478 g/mol. The molecule has 2 N–H and O–H groups in total. The number of aliphatic hydroxyl groups is 1.